The molecule has 174 valence electrons. The maximum atomic E-state index is 12.6. The van der Waals surface area contributed by atoms with Crippen LogP contribution < -0.4 is 15.3 Å². The van der Waals surface area contributed by atoms with Crippen molar-refractivity contribution < 1.29 is 23.8 Å². The molecule has 0 saturated carbocycles. The van der Waals surface area contributed by atoms with Crippen LogP contribution in [0.3, 0.4) is 0 Å². The highest BCUT2D eigenvalue weighted by atomic mass is 16.5. The quantitative estimate of drug-likeness (QED) is 0.451. The predicted octanol–water partition coefficient (Wildman–Crippen LogP) is 2.85. The molecule has 8 nitrogen and oxygen atoms in total. The number of aromatic hydroxyl groups is 1. The van der Waals surface area contributed by atoms with E-state index in [0.29, 0.717) is 28.6 Å². The van der Waals surface area contributed by atoms with Crippen LogP contribution in [0, 0.1) is 6.92 Å². The molecule has 8 heteroatoms. The topological polar surface area (TPSA) is 92.5 Å². The van der Waals surface area contributed by atoms with Crippen LogP contribution in [0.15, 0.2) is 45.6 Å². The normalized spacial score (nSPS) is 14.5. The van der Waals surface area contributed by atoms with Crippen LogP contribution in [0.4, 0.5) is 5.69 Å². The third-order valence-corrected chi connectivity index (χ3v) is 6.27. The third kappa shape index (κ3) is 4.66. The summed E-state index contributed by atoms with van der Waals surface area (Å²) in [7, 11) is 2.94. The van der Waals surface area contributed by atoms with E-state index in [4.69, 9.17) is 13.9 Å². The largest absolute Gasteiger partial charge is 0.507 e. The van der Waals surface area contributed by atoms with Gasteiger partial charge in [-0.3, -0.25) is 9.69 Å². The number of hydrogen-bond acceptors (Lipinski definition) is 8. The van der Waals surface area contributed by atoms with Gasteiger partial charge in [0.2, 0.25) is 0 Å². The van der Waals surface area contributed by atoms with Gasteiger partial charge in [0.1, 0.15) is 17.1 Å². The first kappa shape index (κ1) is 22.7. The molecule has 0 spiro atoms. The number of aryl methyl sites for hydroxylation is 1. The number of hydrogen-bond donors (Lipinski definition) is 1. The second-order valence-electron chi connectivity index (χ2n) is 8.15. The van der Waals surface area contributed by atoms with E-state index in [1.807, 2.05) is 24.3 Å². The van der Waals surface area contributed by atoms with Gasteiger partial charge in [-0.25, -0.2) is 4.79 Å². The zero-order chi connectivity index (χ0) is 23.5. The van der Waals surface area contributed by atoms with Crippen LogP contribution in [-0.2, 0) is 22.5 Å². The van der Waals surface area contributed by atoms with Crippen LogP contribution >= 0.6 is 0 Å². The Morgan fingerprint density at radius 2 is 1.73 bits per heavy atom. The van der Waals surface area contributed by atoms with E-state index < -0.39 is 11.6 Å². The second kappa shape index (κ2) is 9.54. The number of methoxy groups -OCH3 is 2. The summed E-state index contributed by atoms with van der Waals surface area (Å²) in [5, 5.41) is 11.3. The molecular weight excluding hydrogens is 424 g/mol. The van der Waals surface area contributed by atoms with E-state index in [2.05, 4.69) is 9.80 Å². The lowest BCUT2D eigenvalue weighted by Crippen LogP contribution is -2.46. The van der Waals surface area contributed by atoms with Gasteiger partial charge >= 0.3 is 11.6 Å². The molecule has 2 aromatic carbocycles. The van der Waals surface area contributed by atoms with Crippen molar-refractivity contribution in [3.8, 4) is 11.5 Å². The zero-order valence-electron chi connectivity index (χ0n) is 19.1. The molecule has 1 aromatic heterocycles. The fourth-order valence-corrected chi connectivity index (χ4v) is 4.25. The first-order chi connectivity index (χ1) is 15.9. The van der Waals surface area contributed by atoms with E-state index in [0.717, 1.165) is 37.6 Å². The number of nitrogens with zero attached hydrogens (tertiary/aromatic N) is 2. The summed E-state index contributed by atoms with van der Waals surface area (Å²) in [5.41, 5.74) is 2.44. The van der Waals surface area contributed by atoms with Gasteiger partial charge in [-0.15, -0.1) is 0 Å². The summed E-state index contributed by atoms with van der Waals surface area (Å²) in [6.07, 6.45) is -0.149. The number of carbonyl (C=O) groups is 1. The molecule has 0 unspecified atom stereocenters. The van der Waals surface area contributed by atoms with Gasteiger partial charge in [-0.05, 0) is 48.9 Å². The van der Waals surface area contributed by atoms with E-state index in [1.165, 1.54) is 7.11 Å². The maximum absolute atomic E-state index is 12.6. The molecule has 0 radical (unpaired) electrons. The predicted molar refractivity (Wildman–Crippen MR) is 125 cm³/mol. The monoisotopic (exact) mass is 452 g/mol. The summed E-state index contributed by atoms with van der Waals surface area (Å²) >= 11 is 0. The Morgan fingerprint density at radius 3 is 2.36 bits per heavy atom. The number of fused-ring (bicyclic) bond motifs is 1. The molecule has 33 heavy (non-hydrogen) atoms. The van der Waals surface area contributed by atoms with Gasteiger partial charge in [0.05, 0.1) is 31.8 Å². The first-order valence-corrected chi connectivity index (χ1v) is 10.9. The van der Waals surface area contributed by atoms with Crippen LogP contribution in [0.1, 0.15) is 16.7 Å². The van der Waals surface area contributed by atoms with E-state index >= 15 is 0 Å². The van der Waals surface area contributed by atoms with Crippen LogP contribution in [-0.4, -0.2) is 56.4 Å². The molecule has 0 bridgehead atoms. The molecule has 1 aliphatic rings. The summed E-state index contributed by atoms with van der Waals surface area (Å²) in [5.74, 6) is 0.414. The van der Waals surface area contributed by atoms with Crippen molar-refractivity contribution in [3.05, 3.63) is 63.5 Å². The standard InChI is InChI=1S/C25H28N2O6/c1-16-19-8-9-22(28)21(24(19)33-25(30)20(16)14-23(29)32-3)15-26-10-12-27(13-11-26)17-4-6-18(31-2)7-5-17/h4-9,28H,10-15H2,1-3H3. The molecule has 0 atom stereocenters. The molecule has 3 aromatic rings. The van der Waals surface area contributed by atoms with Crippen LogP contribution in [0.2, 0.25) is 0 Å². The molecule has 0 aliphatic carbocycles. The van der Waals surface area contributed by atoms with Crippen molar-refractivity contribution in [2.24, 2.45) is 0 Å². The molecule has 0 amide bonds. The highest BCUT2D eigenvalue weighted by Gasteiger charge is 2.22. The maximum Gasteiger partial charge on any atom is 0.340 e. The fraction of sp³-hybridized carbons (Fsp3) is 0.360. The van der Waals surface area contributed by atoms with E-state index in [-0.39, 0.29) is 17.7 Å². The SMILES string of the molecule is COC(=O)Cc1c(C)c2ccc(O)c(CN3CCN(c4ccc(OC)cc4)CC3)c2oc1=O. The molecular formula is C25H28N2O6. The van der Waals surface area contributed by atoms with Crippen LogP contribution in [0.5, 0.6) is 11.5 Å². The number of piperazine rings is 1. The van der Waals surface area contributed by atoms with E-state index in [9.17, 15) is 14.7 Å². The minimum Gasteiger partial charge on any atom is -0.507 e. The van der Waals surface area contributed by atoms with Crippen molar-refractivity contribution in [3.63, 3.8) is 0 Å². The molecule has 4 rings (SSSR count). The van der Waals surface area contributed by atoms with Crippen molar-refractivity contribution >= 4 is 22.6 Å². The lowest BCUT2D eigenvalue weighted by Gasteiger charge is -2.36. The smallest absolute Gasteiger partial charge is 0.340 e. The summed E-state index contributed by atoms with van der Waals surface area (Å²) in [4.78, 5) is 28.9. The fourth-order valence-electron chi connectivity index (χ4n) is 4.25. The number of phenols is 1. The first-order valence-electron chi connectivity index (χ1n) is 10.9. The Morgan fingerprint density at radius 1 is 1.03 bits per heavy atom. The number of phenolic OH excluding ortho intramolecular Hbond substituents is 1. The average molecular weight is 453 g/mol. The Kier molecular flexibility index (Phi) is 6.55. The molecule has 1 fully saturated rings. The molecule has 1 saturated heterocycles. The van der Waals surface area contributed by atoms with Gasteiger partial charge in [-0.2, -0.15) is 0 Å². The zero-order valence-corrected chi connectivity index (χ0v) is 19.1. The highest BCUT2D eigenvalue weighted by Crippen LogP contribution is 2.31. The molecule has 1 N–H and O–H groups in total. The number of esters is 1. The lowest BCUT2D eigenvalue weighted by atomic mass is 10.0. The van der Waals surface area contributed by atoms with Crippen molar-refractivity contribution in [2.75, 3.05) is 45.3 Å². The Hall–Kier alpha value is -3.52. The number of ether oxygens (including phenoxy) is 2. The number of carbonyl (C=O) groups excluding carboxylic acids is 1. The summed E-state index contributed by atoms with van der Waals surface area (Å²) in [6, 6.07) is 11.3. The average Bonchev–Trinajstić information content (AvgIpc) is 2.84. The van der Waals surface area contributed by atoms with Gasteiger partial charge in [0, 0.05) is 43.8 Å². The van der Waals surface area contributed by atoms with Crippen molar-refractivity contribution in [2.45, 2.75) is 19.9 Å². The molecule has 2 heterocycles. The third-order valence-electron chi connectivity index (χ3n) is 6.27. The van der Waals surface area contributed by atoms with Gasteiger partial charge in [0.15, 0.2) is 0 Å². The molecule has 1 aliphatic heterocycles. The second-order valence-corrected chi connectivity index (χ2v) is 8.15. The lowest BCUT2D eigenvalue weighted by molar-refractivity contribution is -0.139. The Balaban J connectivity index is 1.54. The minimum absolute atomic E-state index is 0.0864. The Bertz CT molecular complexity index is 1210. The number of benzene rings is 2. The minimum atomic E-state index is -0.582. The number of anilines is 1. The van der Waals surface area contributed by atoms with Crippen LogP contribution in [0.25, 0.3) is 11.0 Å². The summed E-state index contributed by atoms with van der Waals surface area (Å²) < 4.78 is 15.5. The van der Waals surface area contributed by atoms with Crippen molar-refractivity contribution in [1.29, 1.82) is 0 Å². The van der Waals surface area contributed by atoms with E-state index in [1.54, 1.807) is 26.2 Å². The van der Waals surface area contributed by atoms with Gasteiger partial charge < -0.3 is 23.9 Å². The van der Waals surface area contributed by atoms with Gasteiger partial charge in [-0.1, -0.05) is 0 Å². The van der Waals surface area contributed by atoms with Gasteiger partial charge in [0.25, 0.3) is 0 Å². The highest BCUT2D eigenvalue weighted by molar-refractivity contribution is 5.87. The Labute approximate surface area is 191 Å². The van der Waals surface area contributed by atoms with Crippen molar-refractivity contribution in [1.82, 2.24) is 4.90 Å². The summed E-state index contributed by atoms with van der Waals surface area (Å²) in [6.45, 7) is 5.51. The number of rotatable bonds is 6.